The molecule has 0 atom stereocenters. The maximum absolute atomic E-state index is 13.0. The molecule has 0 unspecified atom stereocenters. The summed E-state index contributed by atoms with van der Waals surface area (Å²) < 4.78 is 24.1. The van der Waals surface area contributed by atoms with Crippen LogP contribution in [0.3, 0.4) is 0 Å². The number of carbonyl (C=O) groups excluding carboxylic acids is 1. The van der Waals surface area contributed by atoms with Crippen LogP contribution in [0.25, 0.3) is 11.1 Å². The third kappa shape index (κ3) is 4.67. The Morgan fingerprint density at radius 3 is 2.08 bits per heavy atom. The highest BCUT2D eigenvalue weighted by atomic mass is 19.1. The van der Waals surface area contributed by atoms with Gasteiger partial charge in [0.25, 0.3) is 0 Å². The maximum Gasteiger partial charge on any atom is 0.314 e. The molecule has 4 heteroatoms. The molecule has 0 amide bonds. The Hall–Kier alpha value is -2.20. The number of carbonyl (C=O) groups is 1. The van der Waals surface area contributed by atoms with Crippen LogP contribution in [0.5, 0.6) is 5.75 Å². The molecule has 1 aliphatic rings. The molecule has 0 saturated heterocycles. The predicted molar refractivity (Wildman–Crippen MR) is 94.8 cm³/mol. The van der Waals surface area contributed by atoms with E-state index in [4.69, 9.17) is 9.47 Å². The SMILES string of the molecule is CCOC1CCC(C(=O)Oc2ccc(-c3ccc(F)cc3)cc2)CC1. The molecule has 3 rings (SSSR count). The van der Waals surface area contributed by atoms with Crippen LogP contribution in [0.2, 0.25) is 0 Å². The van der Waals surface area contributed by atoms with Gasteiger partial charge in [-0.2, -0.15) is 0 Å². The number of benzene rings is 2. The second kappa shape index (κ2) is 8.26. The largest absolute Gasteiger partial charge is 0.426 e. The van der Waals surface area contributed by atoms with E-state index in [-0.39, 0.29) is 23.8 Å². The second-order valence-corrected chi connectivity index (χ2v) is 6.38. The van der Waals surface area contributed by atoms with Crippen molar-refractivity contribution in [2.45, 2.75) is 38.7 Å². The Kier molecular flexibility index (Phi) is 5.82. The molecule has 3 nitrogen and oxygen atoms in total. The highest BCUT2D eigenvalue weighted by molar-refractivity contribution is 5.75. The van der Waals surface area contributed by atoms with Crippen LogP contribution in [0, 0.1) is 11.7 Å². The normalized spacial score (nSPS) is 20.2. The van der Waals surface area contributed by atoms with Gasteiger partial charge in [0, 0.05) is 6.61 Å². The minimum absolute atomic E-state index is 0.0477. The number of ether oxygens (including phenoxy) is 2. The van der Waals surface area contributed by atoms with Crippen molar-refractivity contribution in [2.24, 2.45) is 5.92 Å². The van der Waals surface area contributed by atoms with Crippen molar-refractivity contribution in [1.29, 1.82) is 0 Å². The van der Waals surface area contributed by atoms with E-state index in [1.54, 1.807) is 24.3 Å². The minimum Gasteiger partial charge on any atom is -0.426 e. The van der Waals surface area contributed by atoms with Gasteiger partial charge in [0.15, 0.2) is 0 Å². The molecule has 0 N–H and O–H groups in total. The second-order valence-electron chi connectivity index (χ2n) is 6.38. The lowest BCUT2D eigenvalue weighted by Gasteiger charge is -2.26. The average Bonchev–Trinajstić information content (AvgIpc) is 2.64. The zero-order chi connectivity index (χ0) is 17.6. The van der Waals surface area contributed by atoms with E-state index in [1.165, 1.54) is 12.1 Å². The van der Waals surface area contributed by atoms with E-state index >= 15 is 0 Å². The molecule has 25 heavy (non-hydrogen) atoms. The number of rotatable bonds is 5. The van der Waals surface area contributed by atoms with Crippen molar-refractivity contribution >= 4 is 5.97 Å². The predicted octanol–water partition coefficient (Wildman–Crippen LogP) is 4.99. The number of halogens is 1. The molecule has 1 saturated carbocycles. The molecule has 132 valence electrons. The highest BCUT2D eigenvalue weighted by Crippen LogP contribution is 2.28. The molecule has 0 heterocycles. The molecular weight excluding hydrogens is 319 g/mol. The van der Waals surface area contributed by atoms with Crippen LogP contribution in [0.1, 0.15) is 32.6 Å². The Balaban J connectivity index is 1.56. The number of hydrogen-bond donors (Lipinski definition) is 0. The van der Waals surface area contributed by atoms with Crippen molar-refractivity contribution in [3.63, 3.8) is 0 Å². The van der Waals surface area contributed by atoms with Crippen LogP contribution >= 0.6 is 0 Å². The zero-order valence-electron chi connectivity index (χ0n) is 14.4. The van der Waals surface area contributed by atoms with Crippen LogP contribution in [-0.4, -0.2) is 18.7 Å². The van der Waals surface area contributed by atoms with Crippen molar-refractivity contribution in [3.8, 4) is 16.9 Å². The summed E-state index contributed by atoms with van der Waals surface area (Å²) in [6, 6.07) is 13.6. The smallest absolute Gasteiger partial charge is 0.314 e. The number of hydrogen-bond acceptors (Lipinski definition) is 3. The van der Waals surface area contributed by atoms with Gasteiger partial charge < -0.3 is 9.47 Å². The van der Waals surface area contributed by atoms with Gasteiger partial charge in [-0.25, -0.2) is 4.39 Å². The molecule has 0 bridgehead atoms. The van der Waals surface area contributed by atoms with Gasteiger partial charge in [0.05, 0.1) is 12.0 Å². The van der Waals surface area contributed by atoms with Gasteiger partial charge in [-0.05, 0) is 68.0 Å². The fourth-order valence-electron chi connectivity index (χ4n) is 3.26. The lowest BCUT2D eigenvalue weighted by molar-refractivity contribution is -0.141. The van der Waals surface area contributed by atoms with Crippen LogP contribution in [0.4, 0.5) is 4.39 Å². The molecule has 1 fully saturated rings. The molecule has 0 radical (unpaired) electrons. The molecule has 0 aromatic heterocycles. The van der Waals surface area contributed by atoms with Gasteiger partial charge in [-0.15, -0.1) is 0 Å². The fraction of sp³-hybridized carbons (Fsp3) is 0.381. The van der Waals surface area contributed by atoms with E-state index in [1.807, 2.05) is 19.1 Å². The Morgan fingerprint density at radius 2 is 1.52 bits per heavy atom. The maximum atomic E-state index is 13.0. The summed E-state index contributed by atoms with van der Waals surface area (Å²) in [5.41, 5.74) is 1.88. The van der Waals surface area contributed by atoms with Crippen LogP contribution in [-0.2, 0) is 9.53 Å². The average molecular weight is 342 g/mol. The van der Waals surface area contributed by atoms with E-state index in [0.29, 0.717) is 5.75 Å². The highest BCUT2D eigenvalue weighted by Gasteiger charge is 2.27. The standard InChI is InChI=1S/C21H23FO3/c1-2-24-19-11-7-17(8-12-19)21(23)25-20-13-5-16(6-14-20)15-3-9-18(22)10-4-15/h3-6,9-10,13-14,17,19H,2,7-8,11-12H2,1H3. The first-order valence-corrected chi connectivity index (χ1v) is 8.85. The summed E-state index contributed by atoms with van der Waals surface area (Å²) in [4.78, 5) is 12.3. The minimum atomic E-state index is -0.256. The van der Waals surface area contributed by atoms with Gasteiger partial charge in [0.2, 0.25) is 0 Å². The van der Waals surface area contributed by atoms with E-state index in [0.717, 1.165) is 43.4 Å². The topological polar surface area (TPSA) is 35.5 Å². The van der Waals surface area contributed by atoms with Gasteiger partial charge in [0.1, 0.15) is 11.6 Å². The summed E-state index contributed by atoms with van der Waals surface area (Å²) in [6.45, 7) is 2.72. The van der Waals surface area contributed by atoms with Crippen molar-refractivity contribution in [1.82, 2.24) is 0 Å². The molecule has 2 aromatic rings. The van der Waals surface area contributed by atoms with Crippen molar-refractivity contribution in [3.05, 3.63) is 54.3 Å². The monoisotopic (exact) mass is 342 g/mol. The van der Waals surface area contributed by atoms with Gasteiger partial charge in [-0.1, -0.05) is 24.3 Å². The lowest BCUT2D eigenvalue weighted by Crippen LogP contribution is -2.28. The third-order valence-corrected chi connectivity index (χ3v) is 4.66. The van der Waals surface area contributed by atoms with E-state index < -0.39 is 0 Å². The zero-order valence-corrected chi connectivity index (χ0v) is 14.4. The molecular formula is C21H23FO3. The van der Waals surface area contributed by atoms with Crippen molar-refractivity contribution in [2.75, 3.05) is 6.61 Å². The Labute approximate surface area is 147 Å². The summed E-state index contributed by atoms with van der Waals surface area (Å²) in [5.74, 6) is 0.0779. The quantitative estimate of drug-likeness (QED) is 0.567. The third-order valence-electron chi connectivity index (χ3n) is 4.66. The van der Waals surface area contributed by atoms with Crippen LogP contribution in [0.15, 0.2) is 48.5 Å². The summed E-state index contributed by atoms with van der Waals surface area (Å²) in [7, 11) is 0. The summed E-state index contributed by atoms with van der Waals surface area (Å²) in [5, 5.41) is 0. The van der Waals surface area contributed by atoms with Crippen molar-refractivity contribution < 1.29 is 18.7 Å². The molecule has 0 aliphatic heterocycles. The first kappa shape index (κ1) is 17.6. The summed E-state index contributed by atoms with van der Waals surface area (Å²) in [6.07, 6.45) is 3.74. The van der Waals surface area contributed by atoms with Gasteiger partial charge in [-0.3, -0.25) is 4.79 Å². The van der Waals surface area contributed by atoms with Gasteiger partial charge >= 0.3 is 5.97 Å². The first-order valence-electron chi connectivity index (χ1n) is 8.85. The molecule has 0 spiro atoms. The van der Waals surface area contributed by atoms with Crippen LogP contribution < -0.4 is 4.74 Å². The summed E-state index contributed by atoms with van der Waals surface area (Å²) >= 11 is 0. The fourth-order valence-corrected chi connectivity index (χ4v) is 3.26. The number of esters is 1. The van der Waals surface area contributed by atoms with E-state index in [2.05, 4.69) is 0 Å². The lowest BCUT2D eigenvalue weighted by atomic mass is 9.87. The molecule has 2 aromatic carbocycles. The Morgan fingerprint density at radius 1 is 0.960 bits per heavy atom. The first-order chi connectivity index (χ1) is 12.2. The Bertz CT molecular complexity index is 686. The van der Waals surface area contributed by atoms with E-state index in [9.17, 15) is 9.18 Å². The molecule has 1 aliphatic carbocycles.